The molecule has 0 aliphatic heterocycles. The fourth-order valence-corrected chi connectivity index (χ4v) is 2.06. The van der Waals surface area contributed by atoms with Gasteiger partial charge in [0.15, 0.2) is 0 Å². The highest BCUT2D eigenvalue weighted by Gasteiger charge is 2.07. The molecule has 0 saturated heterocycles. The summed E-state index contributed by atoms with van der Waals surface area (Å²) < 4.78 is 5.84. The normalized spacial score (nSPS) is 10.2. The lowest BCUT2D eigenvalue weighted by Crippen LogP contribution is -2.08. The third-order valence-corrected chi connectivity index (χ3v) is 2.74. The summed E-state index contributed by atoms with van der Waals surface area (Å²) in [7, 11) is 0. The van der Waals surface area contributed by atoms with Crippen LogP contribution in [0, 0.1) is 13.8 Å². The molecule has 0 radical (unpaired) electrons. The number of hydrogen-bond acceptors (Lipinski definition) is 4. The zero-order chi connectivity index (χ0) is 13.1. The first kappa shape index (κ1) is 12.7. The third kappa shape index (κ3) is 2.72. The van der Waals surface area contributed by atoms with Crippen molar-refractivity contribution in [2.24, 2.45) is 5.84 Å². The topological polar surface area (TPSA) is 60.2 Å². The molecule has 0 unspecified atom stereocenters. The number of nitrogen functional groups attached to an aromatic ring is 1. The average molecular weight is 264 g/mol. The Morgan fingerprint density at radius 3 is 2.50 bits per heavy atom. The molecular formula is C13H14ClN3O. The zero-order valence-corrected chi connectivity index (χ0v) is 11.0. The lowest BCUT2D eigenvalue weighted by molar-refractivity contribution is 0.474. The van der Waals surface area contributed by atoms with E-state index in [0.717, 1.165) is 16.9 Å². The van der Waals surface area contributed by atoms with Crippen molar-refractivity contribution in [3.63, 3.8) is 0 Å². The molecular weight excluding hydrogens is 250 g/mol. The Balaban J connectivity index is 2.33. The van der Waals surface area contributed by atoms with E-state index in [1.165, 1.54) is 0 Å². The van der Waals surface area contributed by atoms with Crippen molar-refractivity contribution in [1.29, 1.82) is 0 Å². The quantitative estimate of drug-likeness (QED) is 0.658. The second-order valence-electron chi connectivity index (χ2n) is 3.99. The summed E-state index contributed by atoms with van der Waals surface area (Å²) in [6, 6.07) is 7.24. The van der Waals surface area contributed by atoms with Gasteiger partial charge < -0.3 is 10.2 Å². The Hall–Kier alpha value is -1.78. The molecule has 0 saturated carbocycles. The zero-order valence-electron chi connectivity index (χ0n) is 10.2. The molecule has 94 valence electrons. The molecule has 0 aliphatic carbocycles. The number of anilines is 1. The van der Waals surface area contributed by atoms with Crippen LogP contribution in [0.1, 0.15) is 11.1 Å². The highest BCUT2D eigenvalue weighted by atomic mass is 35.5. The predicted molar refractivity (Wildman–Crippen MR) is 73.0 cm³/mol. The lowest BCUT2D eigenvalue weighted by atomic mass is 10.1. The molecule has 4 nitrogen and oxygen atoms in total. The molecule has 1 aromatic carbocycles. The van der Waals surface area contributed by atoms with Gasteiger partial charge in [-0.05, 0) is 43.2 Å². The van der Waals surface area contributed by atoms with Gasteiger partial charge in [0.25, 0.3) is 0 Å². The number of ether oxygens (including phenoxy) is 1. The van der Waals surface area contributed by atoms with Gasteiger partial charge in [0.1, 0.15) is 17.3 Å². The number of aromatic nitrogens is 1. The fraction of sp³-hybridized carbons (Fsp3) is 0.154. The number of nitrogens with two attached hydrogens (primary N) is 1. The van der Waals surface area contributed by atoms with E-state index in [0.29, 0.717) is 16.6 Å². The number of rotatable bonds is 3. The Morgan fingerprint density at radius 1 is 1.22 bits per heavy atom. The number of nitrogens with zero attached hydrogens (tertiary/aromatic N) is 1. The second kappa shape index (κ2) is 5.25. The second-order valence-corrected chi connectivity index (χ2v) is 4.43. The van der Waals surface area contributed by atoms with Gasteiger partial charge in [-0.25, -0.2) is 10.8 Å². The molecule has 0 aliphatic rings. The van der Waals surface area contributed by atoms with Crippen LogP contribution in [-0.4, -0.2) is 4.98 Å². The van der Waals surface area contributed by atoms with Crippen molar-refractivity contribution < 1.29 is 4.74 Å². The maximum atomic E-state index is 5.98. The molecule has 1 aromatic heterocycles. The fourth-order valence-electron chi connectivity index (χ4n) is 1.73. The summed E-state index contributed by atoms with van der Waals surface area (Å²) in [6.45, 7) is 3.91. The Morgan fingerprint density at radius 2 is 1.89 bits per heavy atom. The van der Waals surface area contributed by atoms with Gasteiger partial charge in [0.2, 0.25) is 0 Å². The van der Waals surface area contributed by atoms with E-state index in [9.17, 15) is 0 Å². The summed E-state index contributed by atoms with van der Waals surface area (Å²) in [5.74, 6) is 7.33. The first-order valence-electron chi connectivity index (χ1n) is 5.47. The minimum atomic E-state index is 0.553. The minimum Gasteiger partial charge on any atom is -0.457 e. The highest BCUT2D eigenvalue weighted by Crippen LogP contribution is 2.31. The standard InChI is InChI=1S/C13H14ClN3O/c1-8-5-10(14)6-9(2)13(8)18-11-3-4-16-12(7-11)17-15/h3-7H,15H2,1-2H3,(H,16,17). The van der Waals surface area contributed by atoms with Crippen LogP contribution in [0.3, 0.4) is 0 Å². The van der Waals surface area contributed by atoms with Gasteiger partial charge in [0, 0.05) is 17.3 Å². The number of benzene rings is 1. The van der Waals surface area contributed by atoms with Crippen molar-refractivity contribution in [3.05, 3.63) is 46.6 Å². The predicted octanol–water partition coefficient (Wildman–Crippen LogP) is 3.43. The molecule has 1 heterocycles. The van der Waals surface area contributed by atoms with Crippen LogP contribution in [0.4, 0.5) is 5.82 Å². The summed E-state index contributed by atoms with van der Waals surface area (Å²) in [4.78, 5) is 4.02. The van der Waals surface area contributed by atoms with Gasteiger partial charge in [0.05, 0.1) is 0 Å². The van der Waals surface area contributed by atoms with Crippen molar-refractivity contribution in [2.75, 3.05) is 5.43 Å². The first-order valence-corrected chi connectivity index (χ1v) is 5.85. The van der Waals surface area contributed by atoms with Crippen molar-refractivity contribution in [3.8, 4) is 11.5 Å². The summed E-state index contributed by atoms with van der Waals surface area (Å²) in [6.07, 6.45) is 1.63. The third-order valence-electron chi connectivity index (χ3n) is 2.52. The molecule has 0 fully saturated rings. The molecule has 0 bridgehead atoms. The van der Waals surface area contributed by atoms with Crippen molar-refractivity contribution in [1.82, 2.24) is 4.98 Å². The Bertz CT molecular complexity index is 549. The van der Waals surface area contributed by atoms with E-state index < -0.39 is 0 Å². The number of aryl methyl sites for hydroxylation is 2. The first-order chi connectivity index (χ1) is 8.60. The maximum absolute atomic E-state index is 5.98. The minimum absolute atomic E-state index is 0.553. The SMILES string of the molecule is Cc1cc(Cl)cc(C)c1Oc1ccnc(NN)c1. The van der Waals surface area contributed by atoms with Crippen LogP contribution in [0.5, 0.6) is 11.5 Å². The van der Waals surface area contributed by atoms with Gasteiger partial charge >= 0.3 is 0 Å². The van der Waals surface area contributed by atoms with Gasteiger partial charge in [-0.15, -0.1) is 0 Å². The smallest absolute Gasteiger partial charge is 0.143 e. The highest BCUT2D eigenvalue weighted by molar-refractivity contribution is 6.30. The Kier molecular flexibility index (Phi) is 3.69. The monoisotopic (exact) mass is 263 g/mol. The maximum Gasteiger partial charge on any atom is 0.143 e. The van der Waals surface area contributed by atoms with E-state index in [4.69, 9.17) is 22.2 Å². The van der Waals surface area contributed by atoms with Gasteiger partial charge in [-0.3, -0.25) is 0 Å². The van der Waals surface area contributed by atoms with Gasteiger partial charge in [-0.2, -0.15) is 0 Å². The van der Waals surface area contributed by atoms with Crippen LogP contribution < -0.4 is 16.0 Å². The van der Waals surface area contributed by atoms with Crippen molar-refractivity contribution >= 4 is 17.4 Å². The molecule has 2 rings (SSSR count). The molecule has 2 aromatic rings. The molecule has 0 spiro atoms. The molecule has 0 atom stereocenters. The number of nitrogens with one attached hydrogen (secondary N) is 1. The number of hydrogen-bond donors (Lipinski definition) is 2. The van der Waals surface area contributed by atoms with E-state index in [2.05, 4.69) is 10.4 Å². The summed E-state index contributed by atoms with van der Waals surface area (Å²) in [5.41, 5.74) is 4.45. The summed E-state index contributed by atoms with van der Waals surface area (Å²) in [5, 5.41) is 0.705. The van der Waals surface area contributed by atoms with E-state index in [1.54, 1.807) is 18.3 Å². The molecule has 18 heavy (non-hydrogen) atoms. The van der Waals surface area contributed by atoms with E-state index in [-0.39, 0.29) is 0 Å². The number of pyridine rings is 1. The number of hydrazine groups is 1. The average Bonchev–Trinajstić information content (AvgIpc) is 2.34. The Labute approximate surface area is 111 Å². The van der Waals surface area contributed by atoms with Crippen LogP contribution in [0.25, 0.3) is 0 Å². The van der Waals surface area contributed by atoms with Crippen molar-refractivity contribution in [2.45, 2.75) is 13.8 Å². The van der Waals surface area contributed by atoms with Gasteiger partial charge in [-0.1, -0.05) is 11.6 Å². The van der Waals surface area contributed by atoms with E-state index in [1.807, 2.05) is 26.0 Å². The lowest BCUT2D eigenvalue weighted by Gasteiger charge is -2.12. The molecule has 0 amide bonds. The van der Waals surface area contributed by atoms with Crippen LogP contribution in [-0.2, 0) is 0 Å². The largest absolute Gasteiger partial charge is 0.457 e. The van der Waals surface area contributed by atoms with Crippen LogP contribution >= 0.6 is 11.6 Å². The van der Waals surface area contributed by atoms with Crippen LogP contribution in [0.15, 0.2) is 30.5 Å². The molecule has 3 N–H and O–H groups in total. The number of halogens is 1. The molecule has 5 heteroatoms. The summed E-state index contributed by atoms with van der Waals surface area (Å²) >= 11 is 5.98. The van der Waals surface area contributed by atoms with Crippen LogP contribution in [0.2, 0.25) is 5.02 Å². The van der Waals surface area contributed by atoms with E-state index >= 15 is 0 Å².